The van der Waals surface area contributed by atoms with Crippen LogP contribution in [0.4, 0.5) is 0 Å². The molecule has 2 rings (SSSR count). The highest BCUT2D eigenvalue weighted by Gasteiger charge is 2.13. The van der Waals surface area contributed by atoms with E-state index < -0.39 is 0 Å². The van der Waals surface area contributed by atoms with Gasteiger partial charge in [-0.05, 0) is 32.0 Å². The van der Waals surface area contributed by atoms with Crippen molar-refractivity contribution >= 4 is 0 Å². The predicted octanol–water partition coefficient (Wildman–Crippen LogP) is 2.29. The third-order valence-corrected chi connectivity index (χ3v) is 3.30. The molecule has 0 bridgehead atoms. The third kappa shape index (κ3) is 4.86. The van der Waals surface area contributed by atoms with Crippen LogP contribution in [0.5, 0.6) is 5.75 Å². The zero-order valence-electron chi connectivity index (χ0n) is 12.8. The molecule has 1 N–H and O–H groups in total. The predicted molar refractivity (Wildman–Crippen MR) is 83.4 cm³/mol. The summed E-state index contributed by atoms with van der Waals surface area (Å²) in [5.74, 6) is 1.90. The standard InChI is InChI=1S/C16H24N4O/c1-3-10-17-14(11-16-18-13-19-20(16)4-2)12-21-15-8-6-5-7-9-15/h5-9,13-14,17H,3-4,10-12H2,1-2H3. The van der Waals surface area contributed by atoms with Crippen LogP contribution in [-0.2, 0) is 13.0 Å². The van der Waals surface area contributed by atoms with Gasteiger partial charge in [-0.3, -0.25) is 4.68 Å². The Labute approximate surface area is 126 Å². The van der Waals surface area contributed by atoms with Crippen LogP contribution in [-0.4, -0.2) is 34.0 Å². The number of aryl methyl sites for hydroxylation is 1. The van der Waals surface area contributed by atoms with Crippen molar-refractivity contribution in [2.45, 2.75) is 39.3 Å². The Morgan fingerprint density at radius 2 is 2.05 bits per heavy atom. The van der Waals surface area contributed by atoms with E-state index in [0.29, 0.717) is 6.61 Å². The molecule has 0 aliphatic heterocycles. The van der Waals surface area contributed by atoms with Gasteiger partial charge in [-0.1, -0.05) is 25.1 Å². The largest absolute Gasteiger partial charge is 0.492 e. The lowest BCUT2D eigenvalue weighted by Gasteiger charge is -2.19. The van der Waals surface area contributed by atoms with Crippen molar-refractivity contribution in [2.75, 3.05) is 13.2 Å². The molecule has 0 aliphatic carbocycles. The van der Waals surface area contributed by atoms with Crippen molar-refractivity contribution in [3.05, 3.63) is 42.5 Å². The second kappa shape index (κ2) is 8.42. The number of ether oxygens (including phenoxy) is 1. The van der Waals surface area contributed by atoms with Gasteiger partial charge in [0.25, 0.3) is 0 Å². The maximum atomic E-state index is 5.87. The monoisotopic (exact) mass is 288 g/mol. The highest BCUT2D eigenvalue weighted by Crippen LogP contribution is 2.09. The van der Waals surface area contributed by atoms with Crippen LogP contribution in [0.25, 0.3) is 0 Å². The fourth-order valence-corrected chi connectivity index (χ4v) is 2.18. The Hall–Kier alpha value is -1.88. The van der Waals surface area contributed by atoms with Gasteiger partial charge in [-0.2, -0.15) is 5.10 Å². The lowest BCUT2D eigenvalue weighted by molar-refractivity contribution is 0.260. The second-order valence-electron chi connectivity index (χ2n) is 4.97. The fourth-order valence-electron chi connectivity index (χ4n) is 2.18. The SMILES string of the molecule is CCCNC(COc1ccccc1)Cc1ncnn1CC. The van der Waals surface area contributed by atoms with Crippen molar-refractivity contribution in [3.8, 4) is 5.75 Å². The minimum absolute atomic E-state index is 0.236. The Bertz CT molecular complexity index is 512. The molecular formula is C16H24N4O. The average molecular weight is 288 g/mol. The van der Waals surface area contributed by atoms with Gasteiger partial charge in [0, 0.05) is 19.0 Å². The van der Waals surface area contributed by atoms with E-state index in [1.54, 1.807) is 6.33 Å². The molecule has 5 nitrogen and oxygen atoms in total. The lowest BCUT2D eigenvalue weighted by Crippen LogP contribution is -2.37. The summed E-state index contributed by atoms with van der Waals surface area (Å²) in [4.78, 5) is 4.35. The molecule has 0 radical (unpaired) electrons. The lowest BCUT2D eigenvalue weighted by atomic mass is 10.2. The zero-order chi connectivity index (χ0) is 14.9. The van der Waals surface area contributed by atoms with Gasteiger partial charge < -0.3 is 10.1 Å². The average Bonchev–Trinajstić information content (AvgIpc) is 2.98. The number of aromatic nitrogens is 3. The Morgan fingerprint density at radius 1 is 1.24 bits per heavy atom. The van der Waals surface area contributed by atoms with E-state index in [0.717, 1.165) is 37.5 Å². The molecule has 0 fully saturated rings. The van der Waals surface area contributed by atoms with Crippen LogP contribution in [0.2, 0.25) is 0 Å². The van der Waals surface area contributed by atoms with Crippen molar-refractivity contribution in [2.24, 2.45) is 0 Å². The number of hydrogen-bond donors (Lipinski definition) is 1. The first-order chi connectivity index (χ1) is 10.3. The molecule has 21 heavy (non-hydrogen) atoms. The second-order valence-corrected chi connectivity index (χ2v) is 4.97. The van der Waals surface area contributed by atoms with E-state index in [1.165, 1.54) is 0 Å². The van der Waals surface area contributed by atoms with Crippen molar-refractivity contribution < 1.29 is 4.74 Å². The van der Waals surface area contributed by atoms with E-state index in [4.69, 9.17) is 4.74 Å². The van der Waals surface area contributed by atoms with Crippen molar-refractivity contribution in [1.82, 2.24) is 20.1 Å². The molecule has 1 aromatic heterocycles. The first-order valence-electron chi connectivity index (χ1n) is 7.61. The molecule has 1 heterocycles. The van der Waals surface area contributed by atoms with E-state index in [9.17, 15) is 0 Å². The summed E-state index contributed by atoms with van der Waals surface area (Å²) in [6.07, 6.45) is 3.54. The summed E-state index contributed by atoms with van der Waals surface area (Å²) in [5, 5.41) is 7.75. The van der Waals surface area contributed by atoms with Crippen molar-refractivity contribution in [1.29, 1.82) is 0 Å². The summed E-state index contributed by atoms with van der Waals surface area (Å²) in [6.45, 7) is 6.68. The molecule has 0 amide bonds. The minimum atomic E-state index is 0.236. The molecule has 1 aromatic carbocycles. The number of para-hydroxylation sites is 1. The smallest absolute Gasteiger partial charge is 0.138 e. The third-order valence-electron chi connectivity index (χ3n) is 3.30. The molecule has 1 unspecified atom stereocenters. The molecular weight excluding hydrogens is 264 g/mol. The first-order valence-corrected chi connectivity index (χ1v) is 7.61. The van der Waals surface area contributed by atoms with Crippen LogP contribution in [0.15, 0.2) is 36.7 Å². The van der Waals surface area contributed by atoms with Gasteiger partial charge in [-0.15, -0.1) is 0 Å². The quantitative estimate of drug-likeness (QED) is 0.769. The molecule has 2 aromatic rings. The molecule has 0 saturated heterocycles. The molecule has 5 heteroatoms. The zero-order valence-corrected chi connectivity index (χ0v) is 12.8. The summed E-state index contributed by atoms with van der Waals surface area (Å²) in [6, 6.07) is 10.1. The number of rotatable bonds is 9. The van der Waals surface area contributed by atoms with Crippen LogP contribution >= 0.6 is 0 Å². The number of hydrogen-bond acceptors (Lipinski definition) is 4. The van der Waals surface area contributed by atoms with Crippen LogP contribution in [0.1, 0.15) is 26.1 Å². The van der Waals surface area contributed by atoms with Gasteiger partial charge in [0.2, 0.25) is 0 Å². The molecule has 0 aliphatic rings. The summed E-state index contributed by atoms with van der Waals surface area (Å²) in [5.41, 5.74) is 0. The number of nitrogens with one attached hydrogen (secondary N) is 1. The van der Waals surface area contributed by atoms with Crippen LogP contribution in [0, 0.1) is 0 Å². The van der Waals surface area contributed by atoms with Gasteiger partial charge in [0.1, 0.15) is 24.5 Å². The van der Waals surface area contributed by atoms with E-state index in [2.05, 4.69) is 29.2 Å². The van der Waals surface area contributed by atoms with E-state index in [1.807, 2.05) is 35.0 Å². The van der Waals surface area contributed by atoms with Gasteiger partial charge in [-0.25, -0.2) is 4.98 Å². The van der Waals surface area contributed by atoms with Gasteiger partial charge in [0.05, 0.1) is 0 Å². The maximum absolute atomic E-state index is 5.87. The maximum Gasteiger partial charge on any atom is 0.138 e. The van der Waals surface area contributed by atoms with Gasteiger partial charge in [0.15, 0.2) is 0 Å². The highest BCUT2D eigenvalue weighted by atomic mass is 16.5. The Kier molecular flexibility index (Phi) is 6.22. The van der Waals surface area contributed by atoms with E-state index in [-0.39, 0.29) is 6.04 Å². The topological polar surface area (TPSA) is 52.0 Å². The fraction of sp³-hybridized carbons (Fsp3) is 0.500. The normalized spacial score (nSPS) is 12.3. The summed E-state index contributed by atoms with van der Waals surface area (Å²) >= 11 is 0. The molecule has 0 spiro atoms. The summed E-state index contributed by atoms with van der Waals surface area (Å²) in [7, 11) is 0. The number of nitrogens with zero attached hydrogens (tertiary/aromatic N) is 3. The first kappa shape index (κ1) is 15.5. The van der Waals surface area contributed by atoms with Gasteiger partial charge >= 0.3 is 0 Å². The van der Waals surface area contributed by atoms with Crippen molar-refractivity contribution in [3.63, 3.8) is 0 Å². The van der Waals surface area contributed by atoms with E-state index >= 15 is 0 Å². The number of benzene rings is 1. The molecule has 1 atom stereocenters. The minimum Gasteiger partial charge on any atom is -0.492 e. The Balaban J connectivity index is 1.94. The highest BCUT2D eigenvalue weighted by molar-refractivity contribution is 5.21. The van der Waals surface area contributed by atoms with Crippen LogP contribution in [0.3, 0.4) is 0 Å². The summed E-state index contributed by atoms with van der Waals surface area (Å²) < 4.78 is 7.80. The van der Waals surface area contributed by atoms with Crippen LogP contribution < -0.4 is 10.1 Å². The Morgan fingerprint density at radius 3 is 2.76 bits per heavy atom. The molecule has 0 saturated carbocycles. The molecule has 114 valence electrons.